The Labute approximate surface area is 215 Å². The third-order valence-corrected chi connectivity index (χ3v) is 6.11. The largest absolute Gasteiger partial charge is 0.507 e. The van der Waals surface area contributed by atoms with Gasteiger partial charge in [-0.05, 0) is 73.9 Å². The van der Waals surface area contributed by atoms with Crippen molar-refractivity contribution < 1.29 is 29.0 Å². The minimum absolute atomic E-state index is 0.0987. The lowest BCUT2D eigenvalue weighted by molar-refractivity contribution is -0.132. The molecule has 0 aliphatic carbocycles. The smallest absolute Gasteiger partial charge is 0.338 e. The number of carbonyl (C=O) groups excluding carboxylic acids is 3. The molecule has 0 saturated carbocycles. The maximum Gasteiger partial charge on any atom is 0.338 e. The molecule has 0 spiro atoms. The van der Waals surface area contributed by atoms with E-state index in [1.54, 1.807) is 42.6 Å². The Morgan fingerprint density at radius 1 is 1.08 bits per heavy atom. The molecule has 0 radical (unpaired) electrons. The van der Waals surface area contributed by atoms with Crippen molar-refractivity contribution in [3.8, 4) is 5.75 Å². The predicted octanol–water partition coefficient (Wildman–Crippen LogP) is 4.90. The summed E-state index contributed by atoms with van der Waals surface area (Å²) in [5.41, 5.74) is 2.94. The van der Waals surface area contributed by atoms with Crippen molar-refractivity contribution in [1.82, 2.24) is 4.98 Å². The number of methoxy groups -OCH3 is 1. The van der Waals surface area contributed by atoms with Gasteiger partial charge in [0.2, 0.25) is 0 Å². The highest BCUT2D eigenvalue weighted by atomic mass is 16.5. The summed E-state index contributed by atoms with van der Waals surface area (Å²) in [6.45, 7) is 5.91. The molecule has 1 saturated heterocycles. The molecule has 2 heterocycles. The van der Waals surface area contributed by atoms with Crippen LogP contribution in [0.15, 0.2) is 66.4 Å². The number of hydrogen-bond donors (Lipinski definition) is 1. The minimum atomic E-state index is -0.996. The lowest BCUT2D eigenvalue weighted by atomic mass is 9.95. The van der Waals surface area contributed by atoms with Crippen LogP contribution < -0.4 is 9.64 Å². The molecule has 4 rings (SSSR count). The van der Waals surface area contributed by atoms with Gasteiger partial charge in [-0.15, -0.1) is 0 Å². The number of aliphatic hydroxyl groups excluding tert-OH is 1. The number of ether oxygens (including phenoxy) is 2. The number of aromatic nitrogens is 1. The van der Waals surface area contributed by atoms with Gasteiger partial charge in [-0.25, -0.2) is 4.79 Å². The fourth-order valence-electron chi connectivity index (χ4n) is 4.50. The number of anilines is 1. The Bertz CT molecular complexity index is 1380. The molecule has 1 aliphatic heterocycles. The summed E-state index contributed by atoms with van der Waals surface area (Å²) >= 11 is 0. The molecule has 1 amide bonds. The number of nitrogens with zero attached hydrogens (tertiary/aromatic N) is 2. The van der Waals surface area contributed by atoms with E-state index in [1.807, 2.05) is 26.8 Å². The Morgan fingerprint density at radius 2 is 1.81 bits per heavy atom. The van der Waals surface area contributed by atoms with E-state index in [2.05, 4.69) is 4.98 Å². The van der Waals surface area contributed by atoms with Crippen LogP contribution in [0.25, 0.3) is 5.76 Å². The molecular formula is C29H28N2O6. The summed E-state index contributed by atoms with van der Waals surface area (Å²) in [4.78, 5) is 44.7. The Morgan fingerprint density at radius 3 is 2.43 bits per heavy atom. The number of hydrogen-bond acceptors (Lipinski definition) is 7. The Balaban J connectivity index is 1.87. The van der Waals surface area contributed by atoms with E-state index in [4.69, 9.17) is 9.47 Å². The van der Waals surface area contributed by atoms with Crippen LogP contribution in [-0.2, 0) is 14.3 Å². The topological polar surface area (TPSA) is 106 Å². The van der Waals surface area contributed by atoms with Crippen LogP contribution in [0.5, 0.6) is 5.75 Å². The van der Waals surface area contributed by atoms with E-state index < -0.39 is 23.7 Å². The van der Waals surface area contributed by atoms with Gasteiger partial charge < -0.3 is 14.6 Å². The van der Waals surface area contributed by atoms with Crippen molar-refractivity contribution in [3.05, 3.63) is 94.3 Å². The number of rotatable bonds is 7. The van der Waals surface area contributed by atoms with Crippen LogP contribution in [0.1, 0.15) is 52.1 Å². The van der Waals surface area contributed by atoms with Gasteiger partial charge in [0.05, 0.1) is 36.1 Å². The predicted molar refractivity (Wildman–Crippen MR) is 139 cm³/mol. The summed E-state index contributed by atoms with van der Waals surface area (Å²) in [7, 11) is 1.48. The van der Waals surface area contributed by atoms with Crippen molar-refractivity contribution in [2.45, 2.75) is 33.2 Å². The second kappa shape index (κ2) is 10.7. The number of aryl methyl sites for hydroxylation is 2. The summed E-state index contributed by atoms with van der Waals surface area (Å²) in [5, 5.41) is 11.5. The molecule has 1 fully saturated rings. The maximum absolute atomic E-state index is 13.4. The van der Waals surface area contributed by atoms with Crippen LogP contribution >= 0.6 is 0 Å². The van der Waals surface area contributed by atoms with E-state index in [0.717, 1.165) is 11.1 Å². The van der Waals surface area contributed by atoms with Crippen LogP contribution in [0.4, 0.5) is 5.69 Å². The average Bonchev–Trinajstić information content (AvgIpc) is 3.17. The van der Waals surface area contributed by atoms with Crippen molar-refractivity contribution >= 4 is 29.1 Å². The van der Waals surface area contributed by atoms with Gasteiger partial charge in [0, 0.05) is 11.9 Å². The van der Waals surface area contributed by atoms with Gasteiger partial charge in [-0.1, -0.05) is 19.1 Å². The fraction of sp³-hybridized carbons (Fsp3) is 0.241. The molecule has 1 unspecified atom stereocenters. The quantitative estimate of drug-likeness (QED) is 0.213. The number of Topliss-reactive ketones (excluding diaryl/α,β-unsaturated/α-hetero) is 1. The molecule has 0 bridgehead atoms. The standard InChI is InChI=1S/C29H28N2O6/c1-5-14-37-29(35)19-9-11-20(12-10-19)31-24(22-8-6-7-13-30-22)23(26(33)28(31)34)25(32)21-16-17(2)15-18(3)27(21)36-4/h6-13,15-16,24,32H,5,14H2,1-4H3/b25-23+. The molecule has 1 N–H and O–H groups in total. The van der Waals surface area contributed by atoms with E-state index in [1.165, 1.54) is 24.1 Å². The van der Waals surface area contributed by atoms with Gasteiger partial charge in [0.1, 0.15) is 17.6 Å². The number of amides is 1. The van der Waals surface area contributed by atoms with Crippen molar-refractivity contribution in [2.75, 3.05) is 18.6 Å². The first-order valence-electron chi connectivity index (χ1n) is 11.9. The lowest BCUT2D eigenvalue weighted by Crippen LogP contribution is -2.29. The van der Waals surface area contributed by atoms with Gasteiger partial charge in [0.15, 0.2) is 0 Å². The zero-order valence-corrected chi connectivity index (χ0v) is 21.1. The number of carbonyl (C=O) groups is 3. The summed E-state index contributed by atoms with van der Waals surface area (Å²) < 4.78 is 10.7. The first kappa shape index (κ1) is 25.6. The molecule has 190 valence electrons. The summed E-state index contributed by atoms with van der Waals surface area (Å²) in [5.74, 6) is -2.08. The lowest BCUT2D eigenvalue weighted by Gasteiger charge is -2.25. The molecule has 1 atom stereocenters. The first-order valence-corrected chi connectivity index (χ1v) is 11.9. The summed E-state index contributed by atoms with van der Waals surface area (Å²) in [6, 6.07) is 14.0. The first-order chi connectivity index (χ1) is 17.8. The van der Waals surface area contributed by atoms with E-state index in [9.17, 15) is 19.5 Å². The second-order valence-electron chi connectivity index (χ2n) is 8.77. The highest BCUT2D eigenvalue weighted by molar-refractivity contribution is 6.51. The summed E-state index contributed by atoms with van der Waals surface area (Å²) in [6.07, 6.45) is 2.25. The van der Waals surface area contributed by atoms with Crippen molar-refractivity contribution in [2.24, 2.45) is 0 Å². The van der Waals surface area contributed by atoms with Gasteiger partial charge in [-0.3, -0.25) is 19.5 Å². The fourth-order valence-corrected chi connectivity index (χ4v) is 4.50. The van der Waals surface area contributed by atoms with Crippen LogP contribution in [0, 0.1) is 13.8 Å². The van der Waals surface area contributed by atoms with Crippen molar-refractivity contribution in [3.63, 3.8) is 0 Å². The van der Waals surface area contributed by atoms with Gasteiger partial charge in [0.25, 0.3) is 11.7 Å². The van der Waals surface area contributed by atoms with Crippen LogP contribution in [0.2, 0.25) is 0 Å². The monoisotopic (exact) mass is 500 g/mol. The van der Waals surface area contributed by atoms with Crippen molar-refractivity contribution in [1.29, 1.82) is 0 Å². The highest BCUT2D eigenvalue weighted by Crippen LogP contribution is 2.43. The van der Waals surface area contributed by atoms with Crippen LogP contribution in [0.3, 0.4) is 0 Å². The number of benzene rings is 2. The number of aliphatic hydroxyl groups is 1. The molecule has 1 aliphatic rings. The molecule has 37 heavy (non-hydrogen) atoms. The highest BCUT2D eigenvalue weighted by Gasteiger charge is 2.48. The zero-order chi connectivity index (χ0) is 26.7. The van der Waals surface area contributed by atoms with Crippen LogP contribution in [-0.4, -0.2) is 41.5 Å². The number of ketones is 1. The molecular weight excluding hydrogens is 472 g/mol. The molecule has 8 nitrogen and oxygen atoms in total. The molecule has 2 aromatic carbocycles. The normalized spacial score (nSPS) is 16.6. The molecule has 1 aromatic heterocycles. The zero-order valence-electron chi connectivity index (χ0n) is 21.1. The van der Waals surface area contributed by atoms with E-state index in [0.29, 0.717) is 41.3 Å². The second-order valence-corrected chi connectivity index (χ2v) is 8.77. The van der Waals surface area contributed by atoms with E-state index in [-0.39, 0.29) is 11.3 Å². The average molecular weight is 501 g/mol. The molecule has 3 aromatic rings. The van der Waals surface area contributed by atoms with Gasteiger partial charge >= 0.3 is 5.97 Å². The third-order valence-electron chi connectivity index (χ3n) is 6.11. The van der Waals surface area contributed by atoms with Gasteiger partial charge in [-0.2, -0.15) is 0 Å². The number of esters is 1. The maximum atomic E-state index is 13.4. The molecule has 8 heteroatoms. The Kier molecular flexibility index (Phi) is 7.38. The SMILES string of the molecule is CCCOC(=O)c1ccc(N2C(=O)C(=O)/C(=C(/O)c3cc(C)cc(C)c3OC)C2c2ccccn2)cc1. The third kappa shape index (κ3) is 4.82. The number of pyridine rings is 1. The van der Waals surface area contributed by atoms with E-state index >= 15 is 0 Å². The Hall–Kier alpha value is -4.46. The minimum Gasteiger partial charge on any atom is -0.507 e.